The molecule has 0 saturated heterocycles. The highest BCUT2D eigenvalue weighted by Gasteiger charge is 2.15. The van der Waals surface area contributed by atoms with Crippen molar-refractivity contribution in [1.82, 2.24) is 10.2 Å². The molecule has 0 bridgehead atoms. The van der Waals surface area contributed by atoms with E-state index in [-0.39, 0.29) is 21.8 Å². The fourth-order valence-corrected chi connectivity index (χ4v) is 2.61. The zero-order chi connectivity index (χ0) is 18.7. The minimum atomic E-state index is -1.53. The largest absolute Gasteiger partial charge is 0.544 e. The number of carbonyl (C=O) groups excluding carboxylic acids is 1. The predicted octanol–water partition coefficient (Wildman–Crippen LogP) is 2.77. The summed E-state index contributed by atoms with van der Waals surface area (Å²) in [6, 6.07) is 8.99. The third kappa shape index (κ3) is 4.10. The molecule has 0 aliphatic carbocycles. The summed E-state index contributed by atoms with van der Waals surface area (Å²) in [5.74, 6) is -1.89. The molecule has 0 unspecified atom stereocenters. The Balaban J connectivity index is 1.82. The van der Waals surface area contributed by atoms with Crippen molar-refractivity contribution in [2.75, 3.05) is 0 Å². The zero-order valence-corrected chi connectivity index (χ0v) is 14.2. The Kier molecular flexibility index (Phi) is 5.05. The Bertz CT molecular complexity index is 995. The molecule has 0 spiro atoms. The maximum absolute atomic E-state index is 11.3. The van der Waals surface area contributed by atoms with Crippen LogP contribution in [0.3, 0.4) is 0 Å². The zero-order valence-electron chi connectivity index (χ0n) is 12.6. The van der Waals surface area contributed by atoms with Gasteiger partial charge in [-0.3, -0.25) is 10.1 Å². The van der Waals surface area contributed by atoms with E-state index in [2.05, 4.69) is 10.2 Å². The molecule has 0 N–H and O–H groups in total. The summed E-state index contributed by atoms with van der Waals surface area (Å²) in [5, 5.41) is 30.0. The highest BCUT2D eigenvalue weighted by molar-refractivity contribution is 8.03. The van der Waals surface area contributed by atoms with Crippen LogP contribution in [-0.4, -0.2) is 21.1 Å². The second-order valence-corrected chi connectivity index (χ2v) is 6.14. The van der Waals surface area contributed by atoms with Gasteiger partial charge in [-0.1, -0.05) is 11.6 Å². The van der Waals surface area contributed by atoms with Gasteiger partial charge in [0.15, 0.2) is 0 Å². The van der Waals surface area contributed by atoms with Crippen LogP contribution in [0.4, 0.5) is 5.88 Å². The molecule has 0 atom stereocenters. The Labute approximate surface area is 154 Å². The van der Waals surface area contributed by atoms with Crippen molar-refractivity contribution in [3.63, 3.8) is 0 Å². The van der Waals surface area contributed by atoms with Gasteiger partial charge in [0.25, 0.3) is 5.22 Å². The van der Waals surface area contributed by atoms with Crippen LogP contribution in [0.15, 0.2) is 55.4 Å². The smallest absolute Gasteiger partial charge is 0.433 e. The van der Waals surface area contributed by atoms with Crippen molar-refractivity contribution < 1.29 is 23.7 Å². The number of carbonyl (C=O) groups is 1. The molecule has 0 radical (unpaired) electrons. The lowest BCUT2D eigenvalue weighted by atomic mass is 10.2. The standard InChI is InChI=1S/C15H8ClN3O6S/c16-9-3-1-8(2-4-9)13-17-18-15(25-13)26-11(14(20)21)7-10-5-6-12(24-10)19(22)23/h1-7H,(H,20,21)/p-1/b11-7-. The number of furan rings is 1. The van der Waals surface area contributed by atoms with Crippen molar-refractivity contribution in [3.05, 3.63) is 62.2 Å². The molecule has 1 aromatic carbocycles. The van der Waals surface area contributed by atoms with E-state index in [1.807, 2.05) is 0 Å². The first kappa shape index (κ1) is 17.7. The molecule has 0 amide bonds. The van der Waals surface area contributed by atoms with Crippen LogP contribution in [0, 0.1) is 10.1 Å². The van der Waals surface area contributed by atoms with Gasteiger partial charge < -0.3 is 18.7 Å². The van der Waals surface area contributed by atoms with Gasteiger partial charge in [-0.2, -0.15) is 0 Å². The number of nitro groups is 1. The number of aliphatic carboxylic acids is 1. The number of benzene rings is 1. The first-order valence-electron chi connectivity index (χ1n) is 6.87. The van der Waals surface area contributed by atoms with Gasteiger partial charge in [-0.05, 0) is 48.2 Å². The molecule has 3 aromatic rings. The number of carboxylic acid groups (broad SMARTS) is 1. The number of hydrogen-bond acceptors (Lipinski definition) is 9. The quantitative estimate of drug-likeness (QED) is 0.268. The highest BCUT2D eigenvalue weighted by Crippen LogP contribution is 2.30. The number of nitrogens with zero attached hydrogens (tertiary/aromatic N) is 3. The monoisotopic (exact) mass is 392 g/mol. The minimum Gasteiger partial charge on any atom is -0.544 e. The van der Waals surface area contributed by atoms with Gasteiger partial charge in [-0.15, -0.1) is 10.2 Å². The van der Waals surface area contributed by atoms with Crippen LogP contribution in [-0.2, 0) is 4.79 Å². The normalized spacial score (nSPS) is 11.5. The summed E-state index contributed by atoms with van der Waals surface area (Å²) in [5.41, 5.74) is 0.606. The summed E-state index contributed by atoms with van der Waals surface area (Å²) >= 11 is 6.44. The van der Waals surface area contributed by atoms with E-state index in [9.17, 15) is 20.0 Å². The number of rotatable bonds is 6. The van der Waals surface area contributed by atoms with Gasteiger partial charge >= 0.3 is 5.88 Å². The SMILES string of the molecule is O=C([O-])/C(=C/c1ccc([N+](=O)[O-])o1)Sc1nnc(-c2ccc(Cl)cc2)o1. The maximum atomic E-state index is 11.3. The Hall–Kier alpha value is -3.11. The van der Waals surface area contributed by atoms with Crippen LogP contribution < -0.4 is 5.11 Å². The second-order valence-electron chi connectivity index (χ2n) is 4.71. The van der Waals surface area contributed by atoms with Crippen molar-refractivity contribution in [3.8, 4) is 11.5 Å². The molecule has 26 heavy (non-hydrogen) atoms. The maximum Gasteiger partial charge on any atom is 0.433 e. The molecule has 9 nitrogen and oxygen atoms in total. The lowest BCUT2D eigenvalue weighted by molar-refractivity contribution is -0.402. The predicted molar refractivity (Wildman–Crippen MR) is 88.9 cm³/mol. The van der Waals surface area contributed by atoms with E-state index < -0.39 is 16.8 Å². The van der Waals surface area contributed by atoms with Crippen LogP contribution in [0.25, 0.3) is 17.5 Å². The number of carboxylic acids is 1. The molecule has 2 aromatic heterocycles. The van der Waals surface area contributed by atoms with E-state index in [1.165, 1.54) is 6.07 Å². The summed E-state index contributed by atoms with van der Waals surface area (Å²) in [6.07, 6.45) is 1.07. The van der Waals surface area contributed by atoms with Crippen molar-refractivity contribution in [2.45, 2.75) is 5.22 Å². The van der Waals surface area contributed by atoms with Gasteiger partial charge in [0.1, 0.15) is 10.7 Å². The van der Waals surface area contributed by atoms with E-state index >= 15 is 0 Å². The van der Waals surface area contributed by atoms with Gasteiger partial charge in [0, 0.05) is 15.5 Å². The van der Waals surface area contributed by atoms with Crippen LogP contribution >= 0.6 is 23.4 Å². The topological polar surface area (TPSA) is 135 Å². The molecular weight excluding hydrogens is 386 g/mol. The number of aromatic nitrogens is 2. The average molecular weight is 393 g/mol. The first-order valence-corrected chi connectivity index (χ1v) is 8.06. The molecule has 2 heterocycles. The summed E-state index contributed by atoms with van der Waals surface area (Å²) < 4.78 is 10.3. The molecule has 0 fully saturated rings. The third-order valence-corrected chi connectivity index (χ3v) is 4.06. The van der Waals surface area contributed by atoms with Gasteiger partial charge in [0.2, 0.25) is 5.89 Å². The van der Waals surface area contributed by atoms with E-state index in [1.54, 1.807) is 24.3 Å². The van der Waals surface area contributed by atoms with Crippen LogP contribution in [0.2, 0.25) is 5.02 Å². The van der Waals surface area contributed by atoms with Crippen molar-refractivity contribution in [1.29, 1.82) is 0 Å². The number of halogens is 1. The molecule has 0 aliphatic rings. The Morgan fingerprint density at radius 1 is 1.15 bits per heavy atom. The molecule has 11 heteroatoms. The lowest BCUT2D eigenvalue weighted by Gasteiger charge is -2.03. The van der Waals surface area contributed by atoms with Crippen LogP contribution in [0.1, 0.15) is 5.76 Å². The molecule has 3 rings (SSSR count). The van der Waals surface area contributed by atoms with Crippen molar-refractivity contribution >= 4 is 41.3 Å². The third-order valence-electron chi connectivity index (χ3n) is 2.96. The highest BCUT2D eigenvalue weighted by atomic mass is 35.5. The van der Waals surface area contributed by atoms with Crippen LogP contribution in [0.5, 0.6) is 0 Å². The summed E-state index contributed by atoms with van der Waals surface area (Å²) in [4.78, 5) is 20.8. The molecule has 0 aliphatic heterocycles. The second kappa shape index (κ2) is 7.42. The van der Waals surface area contributed by atoms with Crippen molar-refractivity contribution in [2.24, 2.45) is 0 Å². The Morgan fingerprint density at radius 2 is 1.88 bits per heavy atom. The molecular formula is C15H7ClN3O6S-. The van der Waals surface area contributed by atoms with Gasteiger partial charge in [0.05, 0.1) is 12.0 Å². The lowest BCUT2D eigenvalue weighted by Crippen LogP contribution is -2.22. The van der Waals surface area contributed by atoms with E-state index in [0.29, 0.717) is 22.3 Å². The molecule has 0 saturated carbocycles. The summed E-state index contributed by atoms with van der Waals surface area (Å²) in [7, 11) is 0. The van der Waals surface area contributed by atoms with E-state index in [4.69, 9.17) is 20.4 Å². The van der Waals surface area contributed by atoms with E-state index in [0.717, 1.165) is 12.1 Å². The number of thioether (sulfide) groups is 1. The number of hydrogen-bond donors (Lipinski definition) is 0. The molecule has 132 valence electrons. The first-order chi connectivity index (χ1) is 12.4. The fourth-order valence-electron chi connectivity index (χ4n) is 1.83. The fraction of sp³-hybridized carbons (Fsp3) is 0. The Morgan fingerprint density at radius 3 is 2.50 bits per heavy atom. The average Bonchev–Trinajstić information content (AvgIpc) is 3.24. The van der Waals surface area contributed by atoms with Gasteiger partial charge in [-0.25, -0.2) is 0 Å². The minimum absolute atomic E-state index is 0.0270. The summed E-state index contributed by atoms with van der Waals surface area (Å²) in [6.45, 7) is 0.